The van der Waals surface area contributed by atoms with Gasteiger partial charge in [0.25, 0.3) is 0 Å². The second kappa shape index (κ2) is 7.53. The third kappa shape index (κ3) is 4.46. The summed E-state index contributed by atoms with van der Waals surface area (Å²) in [5.74, 6) is -1.21. The molecule has 0 saturated heterocycles. The van der Waals surface area contributed by atoms with Crippen molar-refractivity contribution in [3.05, 3.63) is 40.6 Å². The lowest BCUT2D eigenvalue weighted by molar-refractivity contribution is -0.154. The van der Waals surface area contributed by atoms with Gasteiger partial charge in [-0.3, -0.25) is 9.48 Å². The second-order valence-electron chi connectivity index (χ2n) is 6.37. The van der Waals surface area contributed by atoms with Crippen molar-refractivity contribution in [1.82, 2.24) is 20.4 Å². The summed E-state index contributed by atoms with van der Waals surface area (Å²) in [7, 11) is 0. The number of aryl methyl sites for hydroxylation is 3. The van der Waals surface area contributed by atoms with Gasteiger partial charge in [-0.05, 0) is 32.0 Å². The van der Waals surface area contributed by atoms with Gasteiger partial charge in [-0.2, -0.15) is 18.3 Å². The summed E-state index contributed by atoms with van der Waals surface area (Å²) in [6.45, 7) is 3.77. The van der Waals surface area contributed by atoms with Gasteiger partial charge in [-0.15, -0.1) is 0 Å². The number of carbonyl (C=O) groups excluding carboxylic acids is 1. The minimum atomic E-state index is -4.57. The van der Waals surface area contributed by atoms with Gasteiger partial charge >= 0.3 is 6.18 Å². The predicted octanol–water partition coefficient (Wildman–Crippen LogP) is 2.55. The first-order valence-corrected chi connectivity index (χ1v) is 8.52. The largest absolute Gasteiger partial charge is 0.456 e. The highest BCUT2D eigenvalue weighted by Crippen LogP contribution is 2.33. The van der Waals surface area contributed by atoms with Crippen molar-refractivity contribution in [3.8, 4) is 0 Å². The number of nitrogens with one attached hydrogen (secondary N) is 2. The van der Waals surface area contributed by atoms with Gasteiger partial charge in [-0.25, -0.2) is 0 Å². The zero-order valence-corrected chi connectivity index (χ0v) is 14.4. The maximum atomic E-state index is 12.9. The van der Waals surface area contributed by atoms with Crippen LogP contribution in [0.25, 0.3) is 0 Å². The number of furan rings is 1. The van der Waals surface area contributed by atoms with Crippen molar-refractivity contribution in [2.45, 2.75) is 52.0 Å². The number of carbonyl (C=O) groups is 1. The summed E-state index contributed by atoms with van der Waals surface area (Å²) >= 11 is 0. The SMILES string of the molecule is Cc1cc(CNC(=O)CCc2cc3n(n2)CCCNC3)c(C(F)(F)F)o1. The lowest BCUT2D eigenvalue weighted by atomic mass is 10.2. The predicted molar refractivity (Wildman–Crippen MR) is 87.2 cm³/mol. The molecular formula is C17H21F3N4O2. The van der Waals surface area contributed by atoms with E-state index in [2.05, 4.69) is 15.7 Å². The highest BCUT2D eigenvalue weighted by molar-refractivity contribution is 5.76. The Morgan fingerprint density at radius 2 is 2.23 bits per heavy atom. The van der Waals surface area contributed by atoms with E-state index in [-0.39, 0.29) is 30.2 Å². The number of alkyl halides is 3. The number of fused-ring (bicyclic) bond motifs is 1. The van der Waals surface area contributed by atoms with Crippen molar-refractivity contribution in [2.75, 3.05) is 6.54 Å². The molecule has 0 bridgehead atoms. The monoisotopic (exact) mass is 370 g/mol. The minimum Gasteiger partial charge on any atom is -0.456 e. The first-order valence-electron chi connectivity index (χ1n) is 8.52. The molecule has 2 aromatic rings. The van der Waals surface area contributed by atoms with Crippen LogP contribution in [0.2, 0.25) is 0 Å². The number of halogens is 3. The molecule has 0 aliphatic carbocycles. The summed E-state index contributed by atoms with van der Waals surface area (Å²) in [4.78, 5) is 12.0. The average molecular weight is 370 g/mol. The fourth-order valence-electron chi connectivity index (χ4n) is 3.01. The van der Waals surface area contributed by atoms with Crippen LogP contribution < -0.4 is 10.6 Å². The number of hydrogen-bond acceptors (Lipinski definition) is 4. The highest BCUT2D eigenvalue weighted by Gasteiger charge is 2.37. The summed E-state index contributed by atoms with van der Waals surface area (Å²) in [6, 6.07) is 3.26. The zero-order chi connectivity index (χ0) is 18.7. The topological polar surface area (TPSA) is 72.1 Å². The van der Waals surface area contributed by atoms with Crippen LogP contribution in [0.15, 0.2) is 16.5 Å². The van der Waals surface area contributed by atoms with Crippen LogP contribution in [-0.4, -0.2) is 22.2 Å². The van der Waals surface area contributed by atoms with Gasteiger partial charge in [0.2, 0.25) is 11.7 Å². The lowest BCUT2D eigenvalue weighted by Gasteiger charge is -2.07. The first kappa shape index (κ1) is 18.5. The Morgan fingerprint density at radius 1 is 1.42 bits per heavy atom. The molecule has 3 heterocycles. The number of nitrogens with zero attached hydrogens (tertiary/aromatic N) is 2. The van der Waals surface area contributed by atoms with Gasteiger partial charge in [0, 0.05) is 38.0 Å². The third-order valence-electron chi connectivity index (χ3n) is 4.22. The molecule has 0 saturated carbocycles. The Bertz CT molecular complexity index is 756. The molecule has 2 aromatic heterocycles. The zero-order valence-electron chi connectivity index (χ0n) is 14.4. The van der Waals surface area contributed by atoms with E-state index in [1.54, 1.807) is 0 Å². The van der Waals surface area contributed by atoms with Crippen LogP contribution in [0, 0.1) is 6.92 Å². The lowest BCUT2D eigenvalue weighted by Crippen LogP contribution is -2.24. The van der Waals surface area contributed by atoms with Crippen LogP contribution in [0.3, 0.4) is 0 Å². The van der Waals surface area contributed by atoms with Gasteiger partial charge < -0.3 is 15.1 Å². The van der Waals surface area contributed by atoms with Crippen molar-refractivity contribution < 1.29 is 22.4 Å². The Morgan fingerprint density at radius 3 is 3.00 bits per heavy atom. The van der Waals surface area contributed by atoms with Crippen LogP contribution in [0.5, 0.6) is 0 Å². The Labute approximate surface area is 148 Å². The molecule has 6 nitrogen and oxygen atoms in total. The van der Waals surface area contributed by atoms with Gasteiger partial charge in [0.1, 0.15) is 5.76 Å². The summed E-state index contributed by atoms with van der Waals surface area (Å²) in [6.07, 6.45) is -2.96. The van der Waals surface area contributed by atoms with E-state index < -0.39 is 11.9 Å². The van der Waals surface area contributed by atoms with Crippen molar-refractivity contribution in [3.63, 3.8) is 0 Å². The molecule has 0 radical (unpaired) electrons. The quantitative estimate of drug-likeness (QED) is 0.849. The van der Waals surface area contributed by atoms with Crippen LogP contribution in [0.1, 0.15) is 41.3 Å². The maximum Gasteiger partial charge on any atom is 0.449 e. The van der Waals surface area contributed by atoms with Crippen molar-refractivity contribution >= 4 is 5.91 Å². The molecule has 0 fully saturated rings. The fourth-order valence-corrected chi connectivity index (χ4v) is 3.01. The number of rotatable bonds is 5. The third-order valence-corrected chi connectivity index (χ3v) is 4.22. The molecule has 3 rings (SSSR count). The van der Waals surface area contributed by atoms with E-state index in [9.17, 15) is 18.0 Å². The molecule has 0 aromatic carbocycles. The van der Waals surface area contributed by atoms with Gasteiger partial charge in [0.15, 0.2) is 0 Å². The standard InChI is InChI=1S/C17H21F3N4O2/c1-11-7-12(16(26-11)17(18,19)20)9-22-15(25)4-3-13-8-14-10-21-5-2-6-24(14)23-13/h7-8,21H,2-6,9-10H2,1H3,(H,22,25). The molecule has 26 heavy (non-hydrogen) atoms. The van der Waals surface area contributed by atoms with Crippen LogP contribution in [-0.2, 0) is 37.0 Å². The number of amides is 1. The Hall–Kier alpha value is -2.29. The van der Waals surface area contributed by atoms with Crippen LogP contribution in [0.4, 0.5) is 13.2 Å². The van der Waals surface area contributed by atoms with E-state index in [1.165, 1.54) is 13.0 Å². The summed E-state index contributed by atoms with van der Waals surface area (Å²) in [5, 5.41) is 10.3. The number of hydrogen-bond donors (Lipinski definition) is 2. The molecule has 1 aliphatic heterocycles. The van der Waals surface area contributed by atoms with Crippen LogP contribution >= 0.6 is 0 Å². The molecule has 142 valence electrons. The first-order chi connectivity index (χ1) is 12.3. The molecular weight excluding hydrogens is 349 g/mol. The fraction of sp³-hybridized carbons (Fsp3) is 0.529. The molecule has 9 heteroatoms. The van der Waals surface area contributed by atoms with Crippen molar-refractivity contribution in [1.29, 1.82) is 0 Å². The minimum absolute atomic E-state index is 0.0665. The van der Waals surface area contributed by atoms with E-state index in [0.717, 1.165) is 37.4 Å². The Kier molecular flexibility index (Phi) is 5.36. The van der Waals surface area contributed by atoms with Gasteiger partial charge in [0.05, 0.1) is 11.4 Å². The number of aromatic nitrogens is 2. The molecule has 2 N–H and O–H groups in total. The molecule has 0 unspecified atom stereocenters. The normalized spacial score (nSPS) is 14.8. The molecule has 1 aliphatic rings. The van der Waals surface area contributed by atoms with Crippen molar-refractivity contribution in [2.24, 2.45) is 0 Å². The maximum absolute atomic E-state index is 12.9. The van der Waals surface area contributed by atoms with E-state index >= 15 is 0 Å². The van der Waals surface area contributed by atoms with Gasteiger partial charge in [-0.1, -0.05) is 0 Å². The van der Waals surface area contributed by atoms with E-state index in [4.69, 9.17) is 4.42 Å². The molecule has 0 atom stereocenters. The average Bonchev–Trinajstić information content (AvgIpc) is 3.07. The summed E-state index contributed by atoms with van der Waals surface area (Å²) < 4.78 is 45.3. The molecule has 0 spiro atoms. The second-order valence-corrected chi connectivity index (χ2v) is 6.37. The summed E-state index contributed by atoms with van der Waals surface area (Å²) in [5.41, 5.74) is 1.83. The highest BCUT2D eigenvalue weighted by atomic mass is 19.4. The molecule has 1 amide bonds. The van der Waals surface area contributed by atoms with E-state index in [0.29, 0.717) is 6.42 Å². The smallest absolute Gasteiger partial charge is 0.449 e. The van der Waals surface area contributed by atoms with E-state index in [1.807, 2.05) is 10.7 Å². The Balaban J connectivity index is 1.52.